The monoisotopic (exact) mass is 432 g/mol. The number of hydrogen-bond donors (Lipinski definition) is 1. The fraction of sp³-hybridized carbons (Fsp3) is 0.429. The van der Waals surface area contributed by atoms with Gasteiger partial charge in [-0.15, -0.1) is 0 Å². The highest BCUT2D eigenvalue weighted by molar-refractivity contribution is 5.88. The van der Waals surface area contributed by atoms with E-state index in [9.17, 15) is 13.2 Å². The molecular weight excluding hydrogens is 409 g/mol. The molecule has 1 aliphatic heterocycles. The van der Waals surface area contributed by atoms with Gasteiger partial charge in [-0.25, -0.2) is 4.98 Å². The van der Waals surface area contributed by atoms with Crippen molar-refractivity contribution in [1.29, 1.82) is 0 Å². The van der Waals surface area contributed by atoms with E-state index >= 15 is 0 Å². The molecule has 0 radical (unpaired) electrons. The first-order valence-corrected chi connectivity index (χ1v) is 9.99. The zero-order chi connectivity index (χ0) is 22.2. The molecule has 4 rings (SSSR count). The van der Waals surface area contributed by atoms with Crippen LogP contribution in [0.5, 0.6) is 0 Å². The molecule has 0 aliphatic carbocycles. The van der Waals surface area contributed by atoms with Crippen LogP contribution in [0.2, 0.25) is 0 Å². The minimum atomic E-state index is -4.53. The second-order valence-corrected chi connectivity index (χ2v) is 7.61. The summed E-state index contributed by atoms with van der Waals surface area (Å²) in [4.78, 5) is 19.4. The van der Waals surface area contributed by atoms with E-state index in [0.717, 1.165) is 17.5 Å². The third-order valence-electron chi connectivity index (χ3n) is 5.35. The predicted molar refractivity (Wildman–Crippen MR) is 111 cm³/mol. The summed E-state index contributed by atoms with van der Waals surface area (Å²) in [5, 5.41) is 3.73. The van der Waals surface area contributed by atoms with Crippen molar-refractivity contribution in [3.05, 3.63) is 46.9 Å². The molecule has 3 aromatic heterocycles. The van der Waals surface area contributed by atoms with Crippen LogP contribution < -0.4 is 10.2 Å². The van der Waals surface area contributed by atoms with Gasteiger partial charge in [-0.2, -0.15) is 23.1 Å². The number of alkyl halides is 3. The van der Waals surface area contributed by atoms with Gasteiger partial charge in [0, 0.05) is 30.5 Å². The van der Waals surface area contributed by atoms with Crippen molar-refractivity contribution in [3.63, 3.8) is 0 Å². The Bertz CT molecular complexity index is 1100. The van der Waals surface area contributed by atoms with Crippen molar-refractivity contribution < 1.29 is 17.9 Å². The molecule has 31 heavy (non-hydrogen) atoms. The van der Waals surface area contributed by atoms with Gasteiger partial charge in [-0.05, 0) is 38.5 Å². The smallest absolute Gasteiger partial charge is 0.377 e. The quantitative estimate of drug-likeness (QED) is 0.670. The van der Waals surface area contributed by atoms with Gasteiger partial charge in [-0.3, -0.25) is 4.98 Å². The number of nitrogens with one attached hydrogen (secondary N) is 1. The zero-order valence-corrected chi connectivity index (χ0v) is 17.5. The van der Waals surface area contributed by atoms with Crippen molar-refractivity contribution in [2.75, 3.05) is 30.0 Å². The molecule has 10 heteroatoms. The molecular formula is C21H23F3N6O. The average Bonchev–Trinajstić information content (AvgIpc) is 2.73. The van der Waals surface area contributed by atoms with E-state index in [1.807, 2.05) is 31.7 Å². The number of aromatic nitrogens is 4. The molecule has 4 heterocycles. The van der Waals surface area contributed by atoms with Crippen molar-refractivity contribution in [2.24, 2.45) is 0 Å². The SMILES string of the molecule is Cc1cc2c(NCc3cccnc3C(F)(F)F)nc(N3CCOCC3C)nc2nc1C. The number of ether oxygens (including phenoxy) is 1. The lowest BCUT2D eigenvalue weighted by atomic mass is 10.1. The molecule has 3 aromatic rings. The first-order valence-electron chi connectivity index (χ1n) is 9.99. The van der Waals surface area contributed by atoms with Gasteiger partial charge in [-0.1, -0.05) is 6.07 Å². The zero-order valence-electron chi connectivity index (χ0n) is 17.5. The van der Waals surface area contributed by atoms with E-state index in [-0.39, 0.29) is 18.2 Å². The summed E-state index contributed by atoms with van der Waals surface area (Å²) >= 11 is 0. The maximum Gasteiger partial charge on any atom is 0.433 e. The van der Waals surface area contributed by atoms with Crippen LogP contribution in [0.15, 0.2) is 24.4 Å². The van der Waals surface area contributed by atoms with E-state index < -0.39 is 11.9 Å². The lowest BCUT2D eigenvalue weighted by Crippen LogP contribution is -2.44. The van der Waals surface area contributed by atoms with Gasteiger partial charge in [0.15, 0.2) is 5.65 Å². The Morgan fingerprint density at radius 2 is 2.03 bits per heavy atom. The van der Waals surface area contributed by atoms with Gasteiger partial charge < -0.3 is 15.0 Å². The highest BCUT2D eigenvalue weighted by Crippen LogP contribution is 2.31. The largest absolute Gasteiger partial charge is 0.433 e. The molecule has 1 fully saturated rings. The summed E-state index contributed by atoms with van der Waals surface area (Å²) in [6, 6.07) is 4.87. The summed E-state index contributed by atoms with van der Waals surface area (Å²) < 4.78 is 45.5. The summed E-state index contributed by atoms with van der Waals surface area (Å²) in [6.45, 7) is 7.48. The molecule has 0 saturated carbocycles. The lowest BCUT2D eigenvalue weighted by molar-refractivity contribution is -0.141. The first kappa shape index (κ1) is 21.2. The van der Waals surface area contributed by atoms with Crippen LogP contribution in [0.3, 0.4) is 0 Å². The number of fused-ring (bicyclic) bond motifs is 1. The van der Waals surface area contributed by atoms with Crippen molar-refractivity contribution in [3.8, 4) is 0 Å². The molecule has 0 aromatic carbocycles. The van der Waals surface area contributed by atoms with Crippen molar-refractivity contribution in [1.82, 2.24) is 19.9 Å². The Kier molecular flexibility index (Phi) is 5.65. The van der Waals surface area contributed by atoms with E-state index in [1.54, 1.807) is 0 Å². The van der Waals surface area contributed by atoms with Gasteiger partial charge in [0.25, 0.3) is 0 Å². The average molecular weight is 432 g/mol. The molecule has 1 saturated heterocycles. The third kappa shape index (κ3) is 4.39. The molecule has 1 unspecified atom stereocenters. The summed E-state index contributed by atoms with van der Waals surface area (Å²) in [6.07, 6.45) is -3.39. The fourth-order valence-electron chi connectivity index (χ4n) is 3.54. The van der Waals surface area contributed by atoms with Crippen LogP contribution in [0.1, 0.15) is 29.4 Å². The van der Waals surface area contributed by atoms with E-state index in [1.165, 1.54) is 12.1 Å². The summed E-state index contributed by atoms with van der Waals surface area (Å²) in [5.74, 6) is 0.912. The van der Waals surface area contributed by atoms with Crippen molar-refractivity contribution >= 4 is 22.8 Å². The Morgan fingerprint density at radius 3 is 2.77 bits per heavy atom. The second-order valence-electron chi connectivity index (χ2n) is 7.61. The molecule has 0 bridgehead atoms. The second kappa shape index (κ2) is 8.26. The molecule has 7 nitrogen and oxygen atoms in total. The topological polar surface area (TPSA) is 76.1 Å². The molecule has 0 spiro atoms. The van der Waals surface area contributed by atoms with Gasteiger partial charge in [0.1, 0.15) is 11.5 Å². The normalized spacial score (nSPS) is 17.2. The molecule has 164 valence electrons. The standard InChI is InChI=1S/C21H23F3N6O/c1-12-9-16-18(26-10-15-5-4-6-25-17(15)21(22,23)24)28-20(29-19(16)27-14(12)3)30-7-8-31-11-13(30)2/h4-6,9,13H,7-8,10-11H2,1-3H3,(H,26,27,28,29). The van der Waals surface area contributed by atoms with Crippen LogP contribution in [0.25, 0.3) is 11.0 Å². The summed E-state index contributed by atoms with van der Waals surface area (Å²) in [5.41, 5.74) is 1.41. The Hall–Kier alpha value is -3.01. The maximum absolute atomic E-state index is 13.3. The van der Waals surface area contributed by atoms with Gasteiger partial charge >= 0.3 is 6.18 Å². The van der Waals surface area contributed by atoms with Crippen LogP contribution in [0.4, 0.5) is 24.9 Å². The van der Waals surface area contributed by atoms with Crippen LogP contribution in [-0.4, -0.2) is 45.7 Å². The summed E-state index contributed by atoms with van der Waals surface area (Å²) in [7, 11) is 0. The highest BCUT2D eigenvalue weighted by atomic mass is 19.4. The molecule has 0 amide bonds. The van der Waals surface area contributed by atoms with Crippen LogP contribution in [0, 0.1) is 13.8 Å². The van der Waals surface area contributed by atoms with Gasteiger partial charge in [0.05, 0.1) is 24.6 Å². The third-order valence-corrected chi connectivity index (χ3v) is 5.35. The minimum absolute atomic E-state index is 0.0415. The van der Waals surface area contributed by atoms with E-state index in [2.05, 4.69) is 25.3 Å². The van der Waals surface area contributed by atoms with Gasteiger partial charge in [0.2, 0.25) is 5.95 Å². The van der Waals surface area contributed by atoms with E-state index in [0.29, 0.717) is 42.6 Å². The van der Waals surface area contributed by atoms with Crippen LogP contribution in [-0.2, 0) is 17.5 Å². The number of hydrogen-bond acceptors (Lipinski definition) is 7. The molecule has 1 N–H and O–H groups in total. The van der Waals surface area contributed by atoms with E-state index in [4.69, 9.17) is 4.74 Å². The predicted octanol–water partition coefficient (Wildman–Crippen LogP) is 3.89. The highest BCUT2D eigenvalue weighted by Gasteiger charge is 2.35. The Morgan fingerprint density at radius 1 is 1.23 bits per heavy atom. The number of nitrogens with zero attached hydrogens (tertiary/aromatic N) is 5. The lowest BCUT2D eigenvalue weighted by Gasteiger charge is -2.33. The number of rotatable bonds is 4. The minimum Gasteiger partial charge on any atom is -0.377 e. The molecule has 1 atom stereocenters. The van der Waals surface area contributed by atoms with Crippen molar-refractivity contribution in [2.45, 2.75) is 39.5 Å². The maximum atomic E-state index is 13.3. The number of anilines is 2. The first-order chi connectivity index (χ1) is 14.7. The number of pyridine rings is 2. The number of aryl methyl sites for hydroxylation is 2. The number of morpholine rings is 1. The molecule has 1 aliphatic rings. The fourth-order valence-corrected chi connectivity index (χ4v) is 3.54. The van der Waals surface area contributed by atoms with Crippen LogP contribution >= 0.6 is 0 Å². The Labute approximate surface area is 177 Å². The Balaban J connectivity index is 1.75. The number of halogens is 3.